The molecule has 1 amide bonds. The molecule has 2 N–H and O–H groups in total. The lowest BCUT2D eigenvalue weighted by molar-refractivity contribution is 0.0953. The van der Waals surface area contributed by atoms with Crippen molar-refractivity contribution in [3.63, 3.8) is 0 Å². The zero-order valence-corrected chi connectivity index (χ0v) is 11.8. The molecule has 0 aromatic carbocycles. The van der Waals surface area contributed by atoms with Gasteiger partial charge in [-0.2, -0.15) is 0 Å². The topological polar surface area (TPSA) is 84.7 Å². The van der Waals surface area contributed by atoms with E-state index in [1.54, 1.807) is 25.5 Å². The van der Waals surface area contributed by atoms with Gasteiger partial charge in [0, 0.05) is 38.3 Å². The van der Waals surface area contributed by atoms with Crippen LogP contribution in [0.1, 0.15) is 21.9 Å². The first-order valence-electron chi connectivity index (χ1n) is 6.37. The average molecular weight is 274 g/mol. The molecule has 2 aromatic heterocycles. The lowest BCUT2D eigenvalue weighted by Gasteiger charge is -2.07. The van der Waals surface area contributed by atoms with E-state index in [0.29, 0.717) is 24.3 Å². The highest BCUT2D eigenvalue weighted by Gasteiger charge is 2.08. The first-order chi connectivity index (χ1) is 9.60. The highest BCUT2D eigenvalue weighted by Crippen LogP contribution is 2.09. The van der Waals surface area contributed by atoms with E-state index < -0.39 is 0 Å². The highest BCUT2D eigenvalue weighted by atomic mass is 16.1. The average Bonchev–Trinajstić information content (AvgIpc) is 2.83. The van der Waals surface area contributed by atoms with Crippen molar-refractivity contribution in [1.29, 1.82) is 0 Å². The maximum Gasteiger partial charge on any atom is 0.251 e. The van der Waals surface area contributed by atoms with Crippen molar-refractivity contribution < 1.29 is 4.79 Å². The van der Waals surface area contributed by atoms with Gasteiger partial charge in [-0.1, -0.05) is 0 Å². The summed E-state index contributed by atoms with van der Waals surface area (Å²) in [5, 5.41) is 13.6. The minimum Gasteiger partial charge on any atom is -0.373 e. The Labute approximate surface area is 117 Å². The Balaban J connectivity index is 1.95. The lowest BCUT2D eigenvalue weighted by Crippen LogP contribution is -2.26. The molecule has 106 valence electrons. The van der Waals surface area contributed by atoms with Crippen LogP contribution in [0.15, 0.2) is 18.5 Å². The van der Waals surface area contributed by atoms with Gasteiger partial charge in [0.15, 0.2) is 0 Å². The van der Waals surface area contributed by atoms with Gasteiger partial charge in [0.05, 0.1) is 0 Å². The number of pyridine rings is 1. The Morgan fingerprint density at radius 3 is 2.85 bits per heavy atom. The molecule has 0 aliphatic rings. The largest absolute Gasteiger partial charge is 0.373 e. The monoisotopic (exact) mass is 274 g/mol. The highest BCUT2D eigenvalue weighted by molar-refractivity contribution is 5.94. The molecule has 0 saturated heterocycles. The second-order valence-corrected chi connectivity index (χ2v) is 4.50. The Bertz CT molecular complexity index is 607. The predicted molar refractivity (Wildman–Crippen MR) is 75.6 cm³/mol. The van der Waals surface area contributed by atoms with E-state index in [-0.39, 0.29) is 5.91 Å². The first kappa shape index (κ1) is 14.0. The van der Waals surface area contributed by atoms with Crippen LogP contribution in [-0.4, -0.2) is 39.2 Å². The molecule has 0 atom stereocenters. The summed E-state index contributed by atoms with van der Waals surface area (Å²) in [4.78, 5) is 16.3. The number of nitrogens with one attached hydrogen (secondary N) is 2. The fourth-order valence-electron chi connectivity index (χ4n) is 1.85. The van der Waals surface area contributed by atoms with Gasteiger partial charge in [0.25, 0.3) is 5.91 Å². The summed E-state index contributed by atoms with van der Waals surface area (Å²) in [6.07, 6.45) is 2.29. The molecule has 0 aliphatic carbocycles. The van der Waals surface area contributed by atoms with Crippen molar-refractivity contribution in [1.82, 2.24) is 25.1 Å². The van der Waals surface area contributed by atoms with Crippen LogP contribution in [0, 0.1) is 6.92 Å². The van der Waals surface area contributed by atoms with Crippen LogP contribution < -0.4 is 10.6 Å². The number of aryl methyl sites for hydroxylation is 2. The van der Waals surface area contributed by atoms with Gasteiger partial charge < -0.3 is 15.2 Å². The number of carbonyl (C=O) groups excluding carboxylic acids is 1. The van der Waals surface area contributed by atoms with Gasteiger partial charge in [0.1, 0.15) is 18.0 Å². The molecule has 0 bridgehead atoms. The van der Waals surface area contributed by atoms with Crippen molar-refractivity contribution >= 4 is 11.7 Å². The minimum atomic E-state index is -0.117. The maximum atomic E-state index is 12.1. The fraction of sp³-hybridized carbons (Fsp3) is 0.385. The van der Waals surface area contributed by atoms with Crippen molar-refractivity contribution in [2.75, 3.05) is 18.9 Å². The molecule has 20 heavy (non-hydrogen) atoms. The van der Waals surface area contributed by atoms with Crippen molar-refractivity contribution in [3.8, 4) is 0 Å². The number of rotatable bonds is 5. The molecule has 7 nitrogen and oxygen atoms in total. The maximum absolute atomic E-state index is 12.1. The number of hydrogen-bond donors (Lipinski definition) is 2. The number of hydrogen-bond acceptors (Lipinski definition) is 5. The SMILES string of the molecule is CNc1cc(C(=O)NCCc2nncn2C)cc(C)n1. The molecule has 0 saturated carbocycles. The van der Waals surface area contributed by atoms with Crippen LogP contribution in [0.25, 0.3) is 0 Å². The number of amides is 1. The fourth-order valence-corrected chi connectivity index (χ4v) is 1.85. The quantitative estimate of drug-likeness (QED) is 0.831. The molecule has 0 spiro atoms. The van der Waals surface area contributed by atoms with Crippen LogP contribution >= 0.6 is 0 Å². The van der Waals surface area contributed by atoms with E-state index in [1.165, 1.54) is 0 Å². The molecule has 2 heterocycles. The van der Waals surface area contributed by atoms with Crippen LogP contribution in [0.3, 0.4) is 0 Å². The van der Waals surface area contributed by atoms with E-state index in [4.69, 9.17) is 0 Å². The van der Waals surface area contributed by atoms with Gasteiger partial charge in [-0.3, -0.25) is 4.79 Å². The molecule has 7 heteroatoms. The number of aromatic nitrogens is 4. The van der Waals surface area contributed by atoms with Crippen LogP contribution in [0.4, 0.5) is 5.82 Å². The van der Waals surface area contributed by atoms with Gasteiger partial charge >= 0.3 is 0 Å². The summed E-state index contributed by atoms with van der Waals surface area (Å²) in [7, 11) is 3.65. The molecule has 0 radical (unpaired) electrons. The zero-order chi connectivity index (χ0) is 14.5. The second kappa shape index (κ2) is 6.14. The Morgan fingerprint density at radius 1 is 1.40 bits per heavy atom. The van der Waals surface area contributed by atoms with Crippen molar-refractivity contribution in [3.05, 3.63) is 35.5 Å². The van der Waals surface area contributed by atoms with E-state index >= 15 is 0 Å². The third kappa shape index (κ3) is 3.31. The van der Waals surface area contributed by atoms with E-state index in [2.05, 4.69) is 25.8 Å². The van der Waals surface area contributed by atoms with Crippen molar-refractivity contribution in [2.24, 2.45) is 7.05 Å². The Hall–Kier alpha value is -2.44. The third-order valence-electron chi connectivity index (χ3n) is 2.91. The second-order valence-electron chi connectivity index (χ2n) is 4.50. The zero-order valence-electron chi connectivity index (χ0n) is 11.8. The summed E-state index contributed by atoms with van der Waals surface area (Å²) in [6.45, 7) is 2.37. The van der Waals surface area contributed by atoms with E-state index in [9.17, 15) is 4.79 Å². The van der Waals surface area contributed by atoms with Crippen molar-refractivity contribution in [2.45, 2.75) is 13.3 Å². The van der Waals surface area contributed by atoms with Crippen LogP contribution in [0.5, 0.6) is 0 Å². The predicted octanol–water partition coefficient (Wildman–Crippen LogP) is 0.533. The van der Waals surface area contributed by atoms with Crippen LogP contribution in [0.2, 0.25) is 0 Å². The third-order valence-corrected chi connectivity index (χ3v) is 2.91. The smallest absolute Gasteiger partial charge is 0.251 e. The summed E-state index contributed by atoms with van der Waals surface area (Å²) in [5.41, 5.74) is 1.40. The Morgan fingerprint density at radius 2 is 2.20 bits per heavy atom. The van der Waals surface area contributed by atoms with E-state index in [0.717, 1.165) is 11.5 Å². The Kier molecular flexibility index (Phi) is 4.29. The van der Waals surface area contributed by atoms with Gasteiger partial charge in [-0.15, -0.1) is 10.2 Å². The first-order valence-corrected chi connectivity index (χ1v) is 6.37. The summed E-state index contributed by atoms with van der Waals surface area (Å²) >= 11 is 0. The lowest BCUT2D eigenvalue weighted by atomic mass is 10.2. The van der Waals surface area contributed by atoms with Gasteiger partial charge in [0.2, 0.25) is 0 Å². The molecule has 0 aliphatic heterocycles. The molecule has 0 unspecified atom stereocenters. The minimum absolute atomic E-state index is 0.117. The summed E-state index contributed by atoms with van der Waals surface area (Å²) in [5.74, 6) is 1.41. The molecular weight excluding hydrogens is 256 g/mol. The van der Waals surface area contributed by atoms with Crippen LogP contribution in [-0.2, 0) is 13.5 Å². The number of anilines is 1. The summed E-state index contributed by atoms with van der Waals surface area (Å²) < 4.78 is 1.84. The standard InChI is InChI=1S/C13H18N6O/c1-9-6-10(7-11(14-2)17-9)13(20)15-5-4-12-18-16-8-19(12)3/h6-8H,4-5H2,1-3H3,(H,14,17)(H,15,20). The van der Waals surface area contributed by atoms with Gasteiger partial charge in [-0.25, -0.2) is 4.98 Å². The normalized spacial score (nSPS) is 10.3. The molecule has 2 rings (SSSR count). The summed E-state index contributed by atoms with van der Waals surface area (Å²) in [6, 6.07) is 3.49. The number of carbonyl (C=O) groups is 1. The number of nitrogens with zero attached hydrogens (tertiary/aromatic N) is 4. The van der Waals surface area contributed by atoms with Gasteiger partial charge in [-0.05, 0) is 19.1 Å². The molecule has 2 aromatic rings. The molecular formula is C13H18N6O. The van der Waals surface area contributed by atoms with E-state index in [1.807, 2.05) is 18.5 Å². The molecule has 0 fully saturated rings.